The third-order valence-corrected chi connectivity index (χ3v) is 6.02. The van der Waals surface area contributed by atoms with Crippen LogP contribution in [0, 0.1) is 18.6 Å². The molecular formula is C22H29N6OS+. The van der Waals surface area contributed by atoms with Crippen molar-refractivity contribution in [1.82, 2.24) is 19.8 Å². The normalized spacial score (nSPS) is 14.8. The van der Waals surface area contributed by atoms with Crippen molar-refractivity contribution in [2.24, 2.45) is 0 Å². The Balaban J connectivity index is 1.44. The number of ether oxygens (including phenoxy) is 1. The molecule has 0 spiro atoms. The number of piperazine rings is 1. The molecule has 7 nitrogen and oxygen atoms in total. The van der Waals surface area contributed by atoms with Crippen molar-refractivity contribution >= 4 is 17.9 Å². The number of rotatable bonds is 6. The summed E-state index contributed by atoms with van der Waals surface area (Å²) in [5.74, 6) is 0.960. The van der Waals surface area contributed by atoms with Crippen LogP contribution >= 0.6 is 12.2 Å². The quantitative estimate of drug-likeness (QED) is 0.614. The van der Waals surface area contributed by atoms with Crippen molar-refractivity contribution in [3.8, 4) is 11.4 Å². The molecule has 0 radical (unpaired) electrons. The lowest BCUT2D eigenvalue weighted by Gasteiger charge is -2.34. The van der Waals surface area contributed by atoms with Crippen LogP contribution < -0.4 is 14.5 Å². The zero-order valence-electron chi connectivity index (χ0n) is 17.8. The van der Waals surface area contributed by atoms with E-state index in [2.05, 4.69) is 59.5 Å². The second kappa shape index (κ2) is 8.97. The number of aromatic nitrogens is 4. The smallest absolute Gasteiger partial charge is 0.225 e. The van der Waals surface area contributed by atoms with E-state index >= 15 is 0 Å². The van der Waals surface area contributed by atoms with Gasteiger partial charge in [0, 0.05) is 0 Å². The molecule has 1 aliphatic heterocycles. The predicted molar refractivity (Wildman–Crippen MR) is 120 cm³/mol. The first kappa shape index (κ1) is 20.6. The van der Waals surface area contributed by atoms with Crippen LogP contribution in [0.4, 0.5) is 5.69 Å². The van der Waals surface area contributed by atoms with Gasteiger partial charge < -0.3 is 14.5 Å². The summed E-state index contributed by atoms with van der Waals surface area (Å²) in [6.07, 6.45) is 0. The molecule has 4 rings (SSSR count). The summed E-state index contributed by atoms with van der Waals surface area (Å²) in [6, 6.07) is 14.5. The number of tetrazole rings is 1. The SMILES string of the molecule is CCOc1ccccc1N1CC[NH+](Cn2nnn(-c3c(C)cccc3C)c2=S)CC1. The van der Waals surface area contributed by atoms with E-state index in [1.165, 1.54) is 10.6 Å². The number of nitrogens with zero attached hydrogens (tertiary/aromatic N) is 5. The summed E-state index contributed by atoms with van der Waals surface area (Å²) < 4.78 is 10.1. The molecule has 8 heteroatoms. The maximum absolute atomic E-state index is 5.81. The first-order valence-electron chi connectivity index (χ1n) is 10.5. The molecule has 158 valence electrons. The van der Waals surface area contributed by atoms with Gasteiger partial charge in [0.05, 0.1) is 44.2 Å². The molecule has 2 heterocycles. The van der Waals surface area contributed by atoms with Gasteiger partial charge in [0.25, 0.3) is 0 Å². The Morgan fingerprint density at radius 3 is 2.40 bits per heavy atom. The molecule has 3 aromatic rings. The first-order valence-corrected chi connectivity index (χ1v) is 10.9. The van der Waals surface area contributed by atoms with E-state index in [0.29, 0.717) is 11.4 Å². The molecule has 2 aromatic carbocycles. The van der Waals surface area contributed by atoms with Crippen LogP contribution in [0.15, 0.2) is 42.5 Å². The van der Waals surface area contributed by atoms with Crippen molar-refractivity contribution < 1.29 is 9.64 Å². The second-order valence-corrected chi connectivity index (χ2v) is 8.07. The van der Waals surface area contributed by atoms with Crippen LogP contribution in [0.25, 0.3) is 5.69 Å². The standard InChI is InChI=1S/C22H28N6OS/c1-4-29-20-11-6-5-10-19(20)26-14-12-25(13-15-26)16-27-22(30)28(24-23-27)21-17(2)8-7-9-18(21)3/h5-11H,4,12-16H2,1-3H3/p+1. The van der Waals surface area contributed by atoms with Crippen LogP contribution in [0.1, 0.15) is 18.1 Å². The largest absolute Gasteiger partial charge is 0.492 e. The van der Waals surface area contributed by atoms with Gasteiger partial charge in [-0.05, 0) is 66.7 Å². The minimum absolute atomic E-state index is 0.643. The van der Waals surface area contributed by atoms with Crippen LogP contribution in [0.3, 0.4) is 0 Å². The zero-order chi connectivity index (χ0) is 21.1. The molecule has 0 aliphatic carbocycles. The van der Waals surface area contributed by atoms with E-state index in [1.54, 1.807) is 4.68 Å². The first-order chi connectivity index (χ1) is 14.6. The fourth-order valence-corrected chi connectivity index (χ4v) is 4.31. The van der Waals surface area contributed by atoms with Gasteiger partial charge in [-0.1, -0.05) is 30.3 Å². The fraction of sp³-hybridized carbons (Fsp3) is 0.409. The Kier molecular flexibility index (Phi) is 6.15. The number of aryl methyl sites for hydroxylation is 2. The third-order valence-electron chi connectivity index (χ3n) is 5.64. The molecule has 1 aromatic heterocycles. The molecule has 1 fully saturated rings. The van der Waals surface area contributed by atoms with Gasteiger partial charge in [-0.25, -0.2) is 0 Å². The van der Waals surface area contributed by atoms with E-state index in [-0.39, 0.29) is 0 Å². The number of benzene rings is 2. The van der Waals surface area contributed by atoms with Gasteiger partial charge in [-0.3, -0.25) is 0 Å². The molecule has 0 atom stereocenters. The van der Waals surface area contributed by atoms with Gasteiger partial charge in [-0.2, -0.15) is 9.36 Å². The molecule has 1 saturated heterocycles. The number of anilines is 1. The highest BCUT2D eigenvalue weighted by Gasteiger charge is 2.23. The molecule has 0 saturated carbocycles. The van der Waals surface area contributed by atoms with E-state index in [0.717, 1.165) is 55.4 Å². The van der Waals surface area contributed by atoms with Gasteiger partial charge in [0.15, 0.2) is 6.67 Å². The summed E-state index contributed by atoms with van der Waals surface area (Å²) in [4.78, 5) is 3.85. The van der Waals surface area contributed by atoms with E-state index < -0.39 is 0 Å². The zero-order valence-corrected chi connectivity index (χ0v) is 18.7. The Morgan fingerprint density at radius 2 is 1.70 bits per heavy atom. The predicted octanol–water partition coefficient (Wildman–Crippen LogP) is 2.18. The molecule has 1 N–H and O–H groups in total. The third kappa shape index (κ3) is 4.11. The summed E-state index contributed by atoms with van der Waals surface area (Å²) in [5, 5.41) is 8.71. The van der Waals surface area contributed by atoms with Crippen LogP contribution in [-0.4, -0.2) is 52.6 Å². The number of nitrogens with one attached hydrogen (secondary N) is 1. The Bertz CT molecular complexity index is 1050. The van der Waals surface area contributed by atoms with Gasteiger partial charge >= 0.3 is 0 Å². The molecule has 0 unspecified atom stereocenters. The summed E-state index contributed by atoms with van der Waals surface area (Å²) >= 11 is 5.70. The number of hydrogen-bond donors (Lipinski definition) is 1. The van der Waals surface area contributed by atoms with E-state index in [9.17, 15) is 0 Å². The summed E-state index contributed by atoms with van der Waals surface area (Å²) in [7, 11) is 0. The minimum atomic E-state index is 0.643. The molecule has 1 aliphatic rings. The Labute approximate surface area is 182 Å². The van der Waals surface area contributed by atoms with Gasteiger partial charge in [0.2, 0.25) is 4.77 Å². The Morgan fingerprint density at radius 1 is 1.00 bits per heavy atom. The fourth-order valence-electron chi connectivity index (χ4n) is 4.08. The highest BCUT2D eigenvalue weighted by atomic mass is 32.1. The lowest BCUT2D eigenvalue weighted by molar-refractivity contribution is -0.924. The lowest BCUT2D eigenvalue weighted by Crippen LogP contribution is -3.14. The summed E-state index contributed by atoms with van der Waals surface area (Å²) in [5.41, 5.74) is 4.50. The van der Waals surface area contributed by atoms with E-state index in [1.807, 2.05) is 23.7 Å². The van der Waals surface area contributed by atoms with Crippen molar-refractivity contribution in [2.75, 3.05) is 37.7 Å². The number of hydrogen-bond acceptors (Lipinski definition) is 5. The van der Waals surface area contributed by atoms with Gasteiger partial charge in [0.1, 0.15) is 5.75 Å². The second-order valence-electron chi connectivity index (χ2n) is 7.71. The molecular weight excluding hydrogens is 396 g/mol. The molecule has 0 amide bonds. The van der Waals surface area contributed by atoms with Gasteiger partial charge in [-0.15, -0.1) is 0 Å². The molecule has 30 heavy (non-hydrogen) atoms. The van der Waals surface area contributed by atoms with Crippen LogP contribution in [0.2, 0.25) is 0 Å². The van der Waals surface area contributed by atoms with Crippen molar-refractivity contribution in [3.63, 3.8) is 0 Å². The van der Waals surface area contributed by atoms with Crippen molar-refractivity contribution in [2.45, 2.75) is 27.4 Å². The average Bonchev–Trinajstić information content (AvgIpc) is 3.09. The van der Waals surface area contributed by atoms with Crippen molar-refractivity contribution in [1.29, 1.82) is 0 Å². The number of quaternary nitrogens is 1. The average molecular weight is 426 g/mol. The van der Waals surface area contributed by atoms with Crippen LogP contribution in [0.5, 0.6) is 5.75 Å². The van der Waals surface area contributed by atoms with E-state index in [4.69, 9.17) is 17.0 Å². The maximum atomic E-state index is 5.81. The van der Waals surface area contributed by atoms with Crippen LogP contribution in [-0.2, 0) is 6.67 Å². The van der Waals surface area contributed by atoms with Crippen molar-refractivity contribution in [3.05, 3.63) is 58.4 Å². The Hall–Kier alpha value is -2.71. The number of para-hydroxylation sites is 3. The minimum Gasteiger partial charge on any atom is -0.492 e. The lowest BCUT2D eigenvalue weighted by atomic mass is 10.1. The topological polar surface area (TPSA) is 52.6 Å². The maximum Gasteiger partial charge on any atom is 0.225 e. The monoisotopic (exact) mass is 425 g/mol. The summed E-state index contributed by atoms with van der Waals surface area (Å²) in [6.45, 7) is 11.5. The molecule has 0 bridgehead atoms. The highest BCUT2D eigenvalue weighted by Crippen LogP contribution is 2.27. The highest BCUT2D eigenvalue weighted by molar-refractivity contribution is 7.71.